The fraction of sp³-hybridized carbons (Fsp3) is 0.333. The number of aryl methyl sites for hydroxylation is 1. The van der Waals surface area contributed by atoms with Crippen LogP contribution in [0.25, 0.3) is 11.5 Å². The van der Waals surface area contributed by atoms with Gasteiger partial charge in [0.25, 0.3) is 0 Å². The number of hydrogen-bond donors (Lipinski definition) is 1. The van der Waals surface area contributed by atoms with E-state index in [1.165, 1.54) is 6.33 Å². The maximum Gasteiger partial charge on any atom is 0.178 e. The molecule has 0 spiro atoms. The Morgan fingerprint density at radius 2 is 2.18 bits per heavy atom. The maximum atomic E-state index is 5.78. The summed E-state index contributed by atoms with van der Waals surface area (Å²) >= 11 is 0. The van der Waals surface area contributed by atoms with Crippen molar-refractivity contribution in [2.45, 2.75) is 26.3 Å². The Hall–Kier alpha value is -1.88. The zero-order valence-corrected chi connectivity index (χ0v) is 9.96. The summed E-state index contributed by atoms with van der Waals surface area (Å²) < 4.78 is 0. The summed E-state index contributed by atoms with van der Waals surface area (Å²) in [5.41, 5.74) is 8.37. The van der Waals surface area contributed by atoms with Crippen molar-refractivity contribution in [2.75, 3.05) is 0 Å². The van der Waals surface area contributed by atoms with Gasteiger partial charge in [0.05, 0.1) is 0 Å². The third-order valence-electron chi connectivity index (χ3n) is 2.25. The van der Waals surface area contributed by atoms with E-state index in [2.05, 4.69) is 19.9 Å². The molecule has 0 aromatic carbocycles. The standard InChI is InChI=1S/C12H15N5/c1-8(13)5-10-6-9(2)16-12(17-10)11-3-4-14-7-15-11/h3-4,6-8H,5,13H2,1-2H3. The van der Waals surface area contributed by atoms with E-state index < -0.39 is 0 Å². The van der Waals surface area contributed by atoms with Crippen LogP contribution in [0.15, 0.2) is 24.7 Å². The molecule has 0 saturated heterocycles. The summed E-state index contributed by atoms with van der Waals surface area (Å²) in [5.74, 6) is 0.628. The fourth-order valence-electron chi connectivity index (χ4n) is 1.61. The Kier molecular flexibility index (Phi) is 3.39. The van der Waals surface area contributed by atoms with Crippen LogP contribution in [0.3, 0.4) is 0 Å². The fourth-order valence-corrected chi connectivity index (χ4v) is 1.61. The molecule has 0 aliphatic heterocycles. The summed E-state index contributed by atoms with van der Waals surface area (Å²) in [4.78, 5) is 16.9. The Morgan fingerprint density at radius 1 is 1.35 bits per heavy atom. The number of hydrogen-bond acceptors (Lipinski definition) is 5. The lowest BCUT2D eigenvalue weighted by Gasteiger charge is -2.07. The highest BCUT2D eigenvalue weighted by Gasteiger charge is 2.07. The van der Waals surface area contributed by atoms with Crippen molar-refractivity contribution in [2.24, 2.45) is 5.73 Å². The maximum absolute atomic E-state index is 5.78. The minimum absolute atomic E-state index is 0.0857. The predicted molar refractivity (Wildman–Crippen MR) is 65.1 cm³/mol. The molecular formula is C12H15N5. The lowest BCUT2D eigenvalue weighted by molar-refractivity contribution is 0.719. The van der Waals surface area contributed by atoms with Crippen molar-refractivity contribution in [3.63, 3.8) is 0 Å². The molecule has 0 aliphatic rings. The second kappa shape index (κ2) is 4.97. The van der Waals surface area contributed by atoms with Crippen LogP contribution in [0.1, 0.15) is 18.3 Å². The van der Waals surface area contributed by atoms with E-state index in [9.17, 15) is 0 Å². The van der Waals surface area contributed by atoms with Gasteiger partial charge in [0.1, 0.15) is 12.0 Å². The molecular weight excluding hydrogens is 214 g/mol. The summed E-state index contributed by atoms with van der Waals surface area (Å²) in [6, 6.07) is 3.83. The topological polar surface area (TPSA) is 77.6 Å². The van der Waals surface area contributed by atoms with Gasteiger partial charge in [-0.25, -0.2) is 19.9 Å². The number of nitrogens with two attached hydrogens (primary N) is 1. The summed E-state index contributed by atoms with van der Waals surface area (Å²) in [5, 5.41) is 0. The highest BCUT2D eigenvalue weighted by Crippen LogP contribution is 2.12. The molecule has 5 heteroatoms. The minimum Gasteiger partial charge on any atom is -0.328 e. The summed E-state index contributed by atoms with van der Waals surface area (Å²) in [6.07, 6.45) is 3.91. The van der Waals surface area contributed by atoms with Crippen LogP contribution in [-0.4, -0.2) is 26.0 Å². The number of rotatable bonds is 3. The second-order valence-corrected chi connectivity index (χ2v) is 4.10. The van der Waals surface area contributed by atoms with E-state index in [0.29, 0.717) is 5.82 Å². The first-order valence-corrected chi connectivity index (χ1v) is 5.51. The molecule has 88 valence electrons. The van der Waals surface area contributed by atoms with Gasteiger partial charge in [-0.1, -0.05) is 0 Å². The van der Waals surface area contributed by atoms with Crippen LogP contribution in [0.5, 0.6) is 0 Å². The van der Waals surface area contributed by atoms with E-state index in [-0.39, 0.29) is 6.04 Å². The highest BCUT2D eigenvalue weighted by molar-refractivity contribution is 5.48. The molecule has 2 aromatic rings. The molecule has 2 aromatic heterocycles. The van der Waals surface area contributed by atoms with Crippen LogP contribution >= 0.6 is 0 Å². The van der Waals surface area contributed by atoms with Gasteiger partial charge in [0, 0.05) is 30.0 Å². The third-order valence-corrected chi connectivity index (χ3v) is 2.25. The Balaban J connectivity index is 2.38. The monoisotopic (exact) mass is 229 g/mol. The van der Waals surface area contributed by atoms with Gasteiger partial charge >= 0.3 is 0 Å². The summed E-state index contributed by atoms with van der Waals surface area (Å²) in [7, 11) is 0. The Morgan fingerprint density at radius 3 is 2.82 bits per heavy atom. The molecule has 0 amide bonds. The second-order valence-electron chi connectivity index (χ2n) is 4.10. The Labute approximate surface area is 100 Å². The quantitative estimate of drug-likeness (QED) is 0.853. The molecule has 17 heavy (non-hydrogen) atoms. The summed E-state index contributed by atoms with van der Waals surface area (Å²) in [6.45, 7) is 3.90. The third kappa shape index (κ3) is 3.04. The first-order valence-electron chi connectivity index (χ1n) is 5.51. The molecule has 0 fully saturated rings. The van der Waals surface area contributed by atoms with Crippen molar-refractivity contribution in [3.05, 3.63) is 36.0 Å². The van der Waals surface area contributed by atoms with E-state index >= 15 is 0 Å². The molecule has 2 heterocycles. The lowest BCUT2D eigenvalue weighted by Crippen LogP contribution is -2.19. The molecule has 0 bridgehead atoms. The number of aromatic nitrogens is 4. The largest absolute Gasteiger partial charge is 0.328 e. The normalized spacial score (nSPS) is 12.4. The van der Waals surface area contributed by atoms with Gasteiger partial charge in [0.2, 0.25) is 0 Å². The van der Waals surface area contributed by atoms with Gasteiger partial charge in [-0.3, -0.25) is 0 Å². The molecule has 0 aliphatic carbocycles. The van der Waals surface area contributed by atoms with Gasteiger partial charge < -0.3 is 5.73 Å². The number of nitrogens with zero attached hydrogens (tertiary/aromatic N) is 4. The highest BCUT2D eigenvalue weighted by atomic mass is 14.9. The van der Waals surface area contributed by atoms with Gasteiger partial charge in [0.15, 0.2) is 5.82 Å². The van der Waals surface area contributed by atoms with Crippen molar-refractivity contribution < 1.29 is 0 Å². The average Bonchev–Trinajstić information content (AvgIpc) is 2.28. The van der Waals surface area contributed by atoms with E-state index in [0.717, 1.165) is 23.5 Å². The average molecular weight is 229 g/mol. The van der Waals surface area contributed by atoms with E-state index in [4.69, 9.17) is 5.73 Å². The molecule has 0 radical (unpaired) electrons. The Bertz CT molecular complexity index is 496. The lowest BCUT2D eigenvalue weighted by atomic mass is 10.1. The smallest absolute Gasteiger partial charge is 0.178 e. The van der Waals surface area contributed by atoms with E-state index in [1.807, 2.05) is 19.9 Å². The van der Waals surface area contributed by atoms with Crippen molar-refractivity contribution >= 4 is 0 Å². The molecule has 5 nitrogen and oxygen atoms in total. The molecule has 2 rings (SSSR count). The van der Waals surface area contributed by atoms with Crippen LogP contribution in [0.2, 0.25) is 0 Å². The zero-order chi connectivity index (χ0) is 12.3. The molecule has 2 N–H and O–H groups in total. The van der Waals surface area contributed by atoms with Crippen LogP contribution in [0, 0.1) is 6.92 Å². The molecule has 1 unspecified atom stereocenters. The van der Waals surface area contributed by atoms with Crippen molar-refractivity contribution in [3.8, 4) is 11.5 Å². The molecule has 0 saturated carbocycles. The first kappa shape index (κ1) is 11.6. The van der Waals surface area contributed by atoms with Crippen LogP contribution < -0.4 is 5.73 Å². The van der Waals surface area contributed by atoms with Gasteiger partial charge in [-0.15, -0.1) is 0 Å². The zero-order valence-electron chi connectivity index (χ0n) is 9.96. The minimum atomic E-state index is 0.0857. The predicted octanol–water partition coefficient (Wildman–Crippen LogP) is 1.13. The first-order chi connectivity index (χ1) is 8.15. The van der Waals surface area contributed by atoms with Gasteiger partial charge in [-0.05, 0) is 26.0 Å². The van der Waals surface area contributed by atoms with E-state index in [1.54, 1.807) is 12.3 Å². The van der Waals surface area contributed by atoms with Crippen molar-refractivity contribution in [1.82, 2.24) is 19.9 Å². The van der Waals surface area contributed by atoms with Crippen molar-refractivity contribution in [1.29, 1.82) is 0 Å². The SMILES string of the molecule is Cc1cc(CC(C)N)nc(-c2ccncn2)n1. The van der Waals surface area contributed by atoms with Crippen LogP contribution in [0.4, 0.5) is 0 Å². The van der Waals surface area contributed by atoms with Gasteiger partial charge in [-0.2, -0.15) is 0 Å². The van der Waals surface area contributed by atoms with Crippen LogP contribution in [-0.2, 0) is 6.42 Å². The molecule has 1 atom stereocenters.